The number of carbonyl (C=O) groups is 1. The first-order chi connectivity index (χ1) is 9.25. The van der Waals surface area contributed by atoms with Gasteiger partial charge in [-0.25, -0.2) is 4.79 Å². The molecular weight excluding hydrogens is 240 g/mol. The van der Waals surface area contributed by atoms with Crippen LogP contribution in [0.1, 0.15) is 64.2 Å². The van der Waals surface area contributed by atoms with Gasteiger partial charge in [-0.15, -0.1) is 0 Å². The van der Waals surface area contributed by atoms with Crippen LogP contribution in [0.5, 0.6) is 0 Å². The van der Waals surface area contributed by atoms with E-state index in [2.05, 4.69) is 10.6 Å². The molecule has 1 atom stereocenters. The van der Waals surface area contributed by atoms with Crippen molar-refractivity contribution in [3.05, 3.63) is 0 Å². The van der Waals surface area contributed by atoms with Crippen molar-refractivity contribution in [1.82, 2.24) is 10.6 Å². The number of amides is 2. The summed E-state index contributed by atoms with van der Waals surface area (Å²) in [5.74, 6) is 0.378. The minimum Gasteiger partial charge on any atom is -0.391 e. The molecule has 4 heteroatoms. The first kappa shape index (κ1) is 14.6. The second kappa shape index (κ2) is 7.73. The molecule has 0 heterocycles. The van der Waals surface area contributed by atoms with E-state index >= 15 is 0 Å². The van der Waals surface area contributed by atoms with Gasteiger partial charge in [0.2, 0.25) is 0 Å². The van der Waals surface area contributed by atoms with Gasteiger partial charge in [0.15, 0.2) is 0 Å². The Labute approximate surface area is 116 Å². The van der Waals surface area contributed by atoms with E-state index in [1.807, 2.05) is 0 Å². The fraction of sp³-hybridized carbons (Fsp3) is 0.933. The van der Waals surface area contributed by atoms with E-state index in [9.17, 15) is 9.90 Å². The molecule has 0 saturated heterocycles. The van der Waals surface area contributed by atoms with Crippen molar-refractivity contribution in [2.24, 2.45) is 5.92 Å². The summed E-state index contributed by atoms with van der Waals surface area (Å²) in [7, 11) is 0. The summed E-state index contributed by atoms with van der Waals surface area (Å²) < 4.78 is 0. The van der Waals surface area contributed by atoms with Crippen LogP contribution in [0.4, 0.5) is 4.79 Å². The smallest absolute Gasteiger partial charge is 0.315 e. The molecule has 0 radical (unpaired) electrons. The molecule has 19 heavy (non-hydrogen) atoms. The molecule has 2 aliphatic carbocycles. The van der Waals surface area contributed by atoms with E-state index in [1.54, 1.807) is 0 Å². The highest BCUT2D eigenvalue weighted by atomic mass is 16.3. The molecule has 2 fully saturated rings. The fourth-order valence-corrected chi connectivity index (χ4v) is 3.37. The molecule has 0 aromatic carbocycles. The number of aliphatic hydroxyl groups is 1. The molecular formula is C15H28N2O2. The van der Waals surface area contributed by atoms with Gasteiger partial charge in [-0.05, 0) is 31.6 Å². The van der Waals surface area contributed by atoms with Crippen molar-refractivity contribution >= 4 is 6.03 Å². The van der Waals surface area contributed by atoms with E-state index in [0.717, 1.165) is 25.7 Å². The first-order valence-electron chi connectivity index (χ1n) is 7.98. The Kier molecular flexibility index (Phi) is 5.95. The zero-order chi connectivity index (χ0) is 13.5. The molecule has 2 amide bonds. The molecule has 3 N–H and O–H groups in total. The van der Waals surface area contributed by atoms with Crippen LogP contribution >= 0.6 is 0 Å². The van der Waals surface area contributed by atoms with Crippen LogP contribution in [-0.2, 0) is 0 Å². The van der Waals surface area contributed by atoms with Crippen LogP contribution in [0, 0.1) is 5.92 Å². The highest BCUT2D eigenvalue weighted by molar-refractivity contribution is 5.74. The maximum absolute atomic E-state index is 11.8. The van der Waals surface area contributed by atoms with Crippen LogP contribution in [0.15, 0.2) is 0 Å². The topological polar surface area (TPSA) is 61.4 Å². The molecule has 4 nitrogen and oxygen atoms in total. The first-order valence-corrected chi connectivity index (χ1v) is 7.98. The Morgan fingerprint density at radius 1 is 1.00 bits per heavy atom. The third-order valence-corrected chi connectivity index (χ3v) is 4.61. The molecule has 1 unspecified atom stereocenters. The average Bonchev–Trinajstić information content (AvgIpc) is 2.47. The van der Waals surface area contributed by atoms with Gasteiger partial charge in [0.05, 0.1) is 6.10 Å². The van der Waals surface area contributed by atoms with E-state index in [4.69, 9.17) is 0 Å². The quantitative estimate of drug-likeness (QED) is 0.734. The Balaban J connectivity index is 1.61. The van der Waals surface area contributed by atoms with E-state index < -0.39 is 0 Å². The Bertz CT molecular complexity index is 271. The lowest BCUT2D eigenvalue weighted by atomic mass is 9.85. The Morgan fingerprint density at radius 2 is 1.58 bits per heavy atom. The minimum atomic E-state index is -0.377. The number of nitrogens with one attached hydrogen (secondary N) is 2. The van der Waals surface area contributed by atoms with Crippen LogP contribution in [0.3, 0.4) is 0 Å². The standard InChI is InChI=1S/C15H28N2O2/c18-14(12-7-3-1-4-8-12)11-16-15(19)17-13-9-5-2-6-10-13/h12-14,18H,1-11H2,(H2,16,17,19). The number of carbonyl (C=O) groups excluding carboxylic acids is 1. The fourth-order valence-electron chi connectivity index (χ4n) is 3.37. The summed E-state index contributed by atoms with van der Waals surface area (Å²) in [6, 6.07) is 0.224. The van der Waals surface area contributed by atoms with Crippen LogP contribution < -0.4 is 10.6 Å². The SMILES string of the molecule is O=C(NCC(O)C1CCCCC1)NC1CCCCC1. The summed E-state index contributed by atoms with van der Waals surface area (Å²) in [6.45, 7) is 0.392. The van der Waals surface area contributed by atoms with Crippen molar-refractivity contribution in [2.45, 2.75) is 76.4 Å². The van der Waals surface area contributed by atoms with Gasteiger partial charge >= 0.3 is 6.03 Å². The summed E-state index contributed by atoms with van der Waals surface area (Å²) in [5, 5.41) is 15.9. The molecule has 0 bridgehead atoms. The lowest BCUT2D eigenvalue weighted by molar-refractivity contribution is 0.0856. The largest absolute Gasteiger partial charge is 0.391 e. The van der Waals surface area contributed by atoms with Gasteiger partial charge in [-0.3, -0.25) is 0 Å². The molecule has 110 valence electrons. The van der Waals surface area contributed by atoms with Crippen LogP contribution in [0.2, 0.25) is 0 Å². The Hall–Kier alpha value is -0.770. The van der Waals surface area contributed by atoms with E-state index in [-0.39, 0.29) is 12.1 Å². The maximum atomic E-state index is 11.8. The zero-order valence-electron chi connectivity index (χ0n) is 11.9. The molecule has 2 rings (SSSR count). The Morgan fingerprint density at radius 3 is 2.21 bits per heavy atom. The molecule has 0 spiro atoms. The normalized spacial score (nSPS) is 23.8. The molecule has 2 aliphatic rings. The summed E-state index contributed by atoms with van der Waals surface area (Å²) >= 11 is 0. The lowest BCUT2D eigenvalue weighted by Gasteiger charge is -2.27. The van der Waals surface area contributed by atoms with Gasteiger partial charge in [0.25, 0.3) is 0 Å². The predicted molar refractivity (Wildman–Crippen MR) is 76.0 cm³/mol. The van der Waals surface area contributed by atoms with Gasteiger partial charge in [0, 0.05) is 12.6 Å². The van der Waals surface area contributed by atoms with E-state index in [1.165, 1.54) is 38.5 Å². The molecule has 0 aromatic rings. The third-order valence-electron chi connectivity index (χ3n) is 4.61. The molecule has 0 aliphatic heterocycles. The van der Waals surface area contributed by atoms with Gasteiger partial charge in [-0.1, -0.05) is 38.5 Å². The number of urea groups is 1. The number of hydrogen-bond acceptors (Lipinski definition) is 2. The maximum Gasteiger partial charge on any atom is 0.315 e. The second-order valence-corrected chi connectivity index (χ2v) is 6.15. The monoisotopic (exact) mass is 268 g/mol. The van der Waals surface area contributed by atoms with Gasteiger partial charge in [0.1, 0.15) is 0 Å². The van der Waals surface area contributed by atoms with Crippen LogP contribution in [-0.4, -0.2) is 29.8 Å². The minimum absolute atomic E-state index is 0.109. The van der Waals surface area contributed by atoms with Gasteiger partial charge < -0.3 is 15.7 Å². The number of aliphatic hydroxyl groups excluding tert-OH is 1. The average molecular weight is 268 g/mol. The zero-order valence-corrected chi connectivity index (χ0v) is 11.9. The molecule has 0 aromatic heterocycles. The van der Waals surface area contributed by atoms with Crippen molar-refractivity contribution < 1.29 is 9.90 Å². The van der Waals surface area contributed by atoms with Crippen molar-refractivity contribution in [3.63, 3.8) is 0 Å². The number of hydrogen-bond donors (Lipinski definition) is 3. The summed E-state index contributed by atoms with van der Waals surface area (Å²) in [4.78, 5) is 11.8. The highest BCUT2D eigenvalue weighted by Crippen LogP contribution is 2.26. The van der Waals surface area contributed by atoms with Crippen molar-refractivity contribution in [2.75, 3.05) is 6.54 Å². The van der Waals surface area contributed by atoms with E-state index in [0.29, 0.717) is 18.5 Å². The summed E-state index contributed by atoms with van der Waals surface area (Å²) in [5.41, 5.74) is 0. The highest BCUT2D eigenvalue weighted by Gasteiger charge is 2.22. The summed E-state index contributed by atoms with van der Waals surface area (Å²) in [6.07, 6.45) is 11.5. The lowest BCUT2D eigenvalue weighted by Crippen LogP contribution is -2.46. The second-order valence-electron chi connectivity index (χ2n) is 6.15. The van der Waals surface area contributed by atoms with Crippen molar-refractivity contribution in [3.8, 4) is 0 Å². The van der Waals surface area contributed by atoms with Crippen molar-refractivity contribution in [1.29, 1.82) is 0 Å². The van der Waals surface area contributed by atoms with Crippen LogP contribution in [0.25, 0.3) is 0 Å². The number of rotatable bonds is 4. The third kappa shape index (κ3) is 5.01. The van der Waals surface area contributed by atoms with Gasteiger partial charge in [-0.2, -0.15) is 0 Å². The predicted octanol–water partition coefficient (Wildman–Crippen LogP) is 2.56. The molecule has 2 saturated carbocycles.